The maximum atomic E-state index is 13.4. The summed E-state index contributed by atoms with van der Waals surface area (Å²) in [7, 11) is 0. The number of esters is 2. The van der Waals surface area contributed by atoms with Crippen LogP contribution in [0.5, 0.6) is 0 Å². The molecule has 0 atom stereocenters. The fourth-order valence-corrected chi connectivity index (χ4v) is 5.21. The van der Waals surface area contributed by atoms with Gasteiger partial charge < -0.3 is 14.0 Å². The number of hydrogen-bond acceptors (Lipinski definition) is 5. The normalized spacial score (nSPS) is 11.2. The molecule has 0 aliphatic rings. The van der Waals surface area contributed by atoms with Crippen molar-refractivity contribution in [3.05, 3.63) is 64.0 Å². The van der Waals surface area contributed by atoms with E-state index in [2.05, 4.69) is 11.5 Å². The third-order valence-electron chi connectivity index (χ3n) is 7.29. The lowest BCUT2D eigenvalue weighted by Crippen LogP contribution is -2.14. The molecule has 0 N–H and O–H groups in total. The van der Waals surface area contributed by atoms with Crippen molar-refractivity contribution in [2.75, 3.05) is 13.2 Å². The Hall–Kier alpha value is -3.15. The number of nitrogens with zero attached hydrogens (tertiary/aromatic N) is 1. The van der Waals surface area contributed by atoms with Crippen molar-refractivity contribution in [3.8, 4) is 0 Å². The largest absolute Gasteiger partial charge is 0.466 e. The lowest BCUT2D eigenvalue weighted by atomic mass is 9.99. The molecule has 1 heterocycles. The number of carbonyl (C=O) groups is 3. The van der Waals surface area contributed by atoms with Crippen LogP contribution in [0.1, 0.15) is 123 Å². The van der Waals surface area contributed by atoms with E-state index < -0.39 is 0 Å². The first-order valence-corrected chi connectivity index (χ1v) is 15.1. The van der Waals surface area contributed by atoms with Crippen molar-refractivity contribution >= 4 is 23.8 Å². The van der Waals surface area contributed by atoms with Crippen LogP contribution in [0.4, 0.5) is 0 Å². The monoisotopic (exact) mass is 551 g/mol. The van der Waals surface area contributed by atoms with Gasteiger partial charge in [0.15, 0.2) is 5.78 Å². The first-order valence-electron chi connectivity index (χ1n) is 15.1. The summed E-state index contributed by atoms with van der Waals surface area (Å²) in [5, 5.41) is 0. The predicted molar refractivity (Wildman–Crippen MR) is 162 cm³/mol. The Morgan fingerprint density at radius 2 is 1.50 bits per heavy atom. The Morgan fingerprint density at radius 1 is 0.850 bits per heavy atom. The smallest absolute Gasteiger partial charge is 0.330 e. The van der Waals surface area contributed by atoms with Crippen LogP contribution in [0.25, 0.3) is 6.08 Å². The minimum atomic E-state index is -0.378. The maximum Gasteiger partial charge on any atom is 0.330 e. The van der Waals surface area contributed by atoms with Crippen molar-refractivity contribution in [2.24, 2.45) is 0 Å². The molecule has 0 amide bonds. The molecule has 0 spiro atoms. The zero-order valence-corrected chi connectivity index (χ0v) is 25.4. The first-order chi connectivity index (χ1) is 19.3. The van der Waals surface area contributed by atoms with Gasteiger partial charge in [-0.1, -0.05) is 76.5 Å². The van der Waals surface area contributed by atoms with E-state index in [1.165, 1.54) is 51.0 Å². The molecule has 0 bridgehead atoms. The maximum absolute atomic E-state index is 13.4. The molecule has 2 aromatic rings. The van der Waals surface area contributed by atoms with Crippen LogP contribution in [0.3, 0.4) is 0 Å². The Morgan fingerprint density at radius 3 is 2.15 bits per heavy atom. The van der Waals surface area contributed by atoms with Gasteiger partial charge in [-0.15, -0.1) is 0 Å². The van der Waals surface area contributed by atoms with Gasteiger partial charge in [0.2, 0.25) is 0 Å². The second-order valence-electron chi connectivity index (χ2n) is 10.4. The number of unbranched alkanes of at least 4 members (excludes halogenated alkanes) is 8. The molecule has 0 fully saturated rings. The third-order valence-corrected chi connectivity index (χ3v) is 7.29. The topological polar surface area (TPSA) is 74.6 Å². The third kappa shape index (κ3) is 10.8. The minimum Gasteiger partial charge on any atom is -0.466 e. The van der Waals surface area contributed by atoms with Crippen molar-refractivity contribution in [1.82, 2.24) is 4.57 Å². The molecule has 1 aromatic heterocycles. The second-order valence-corrected chi connectivity index (χ2v) is 10.4. The first kappa shape index (κ1) is 33.1. The number of rotatable bonds is 19. The van der Waals surface area contributed by atoms with Crippen molar-refractivity contribution < 1.29 is 23.9 Å². The SMILES string of the molecule is CCCCCCCCCCCC(=O)c1c(C)c(CC(=O)OCC)n(Cc2cccc(/C=C/C(=O)OCC)c2)c1C. The molecular weight excluding hydrogens is 502 g/mol. The molecule has 6 nitrogen and oxygen atoms in total. The van der Waals surface area contributed by atoms with Crippen LogP contribution < -0.4 is 0 Å². The molecule has 0 aliphatic carbocycles. The van der Waals surface area contributed by atoms with Crippen molar-refractivity contribution in [3.63, 3.8) is 0 Å². The fourth-order valence-electron chi connectivity index (χ4n) is 5.21. The van der Waals surface area contributed by atoms with Crippen LogP contribution in [0.15, 0.2) is 30.3 Å². The standard InChI is InChI=1S/C34H49NO5/c1-6-9-10-11-12-13-14-15-16-20-31(36)34-26(4)30(24-33(38)40-8-3)35(27(34)5)25-29-19-17-18-28(23-29)21-22-32(37)39-7-2/h17-19,21-23H,6-16,20,24-25H2,1-5H3/b22-21+. The average molecular weight is 552 g/mol. The number of aromatic nitrogens is 1. The summed E-state index contributed by atoms with van der Waals surface area (Å²) in [6, 6.07) is 7.87. The van der Waals surface area contributed by atoms with Gasteiger partial charge in [0.25, 0.3) is 0 Å². The van der Waals surface area contributed by atoms with E-state index in [1.807, 2.05) is 38.1 Å². The van der Waals surface area contributed by atoms with Gasteiger partial charge in [-0.2, -0.15) is 0 Å². The van der Waals surface area contributed by atoms with Gasteiger partial charge in [0.05, 0.1) is 19.6 Å². The summed E-state index contributed by atoms with van der Waals surface area (Å²) in [5.74, 6) is -0.530. The number of Topliss-reactive ketones (excluding diaryl/α,β-unsaturated/α-hetero) is 1. The van der Waals surface area contributed by atoms with Gasteiger partial charge in [0.1, 0.15) is 0 Å². The number of benzene rings is 1. The van der Waals surface area contributed by atoms with Gasteiger partial charge in [-0.05, 0) is 62.9 Å². The number of ether oxygens (including phenoxy) is 2. The van der Waals surface area contributed by atoms with Crippen LogP contribution in [-0.2, 0) is 32.0 Å². The van der Waals surface area contributed by atoms with E-state index in [-0.39, 0.29) is 24.1 Å². The Balaban J connectivity index is 2.17. The molecular formula is C34H49NO5. The molecule has 0 saturated heterocycles. The minimum absolute atomic E-state index is 0.119. The molecule has 0 radical (unpaired) electrons. The number of ketones is 1. The van der Waals surface area contributed by atoms with Gasteiger partial charge in [0, 0.05) is 36.0 Å². The van der Waals surface area contributed by atoms with E-state index in [1.54, 1.807) is 19.9 Å². The van der Waals surface area contributed by atoms with Crippen molar-refractivity contribution in [1.29, 1.82) is 0 Å². The van der Waals surface area contributed by atoms with Crippen molar-refractivity contribution in [2.45, 2.75) is 112 Å². The Labute approximate surface area is 241 Å². The number of hydrogen-bond donors (Lipinski definition) is 0. The summed E-state index contributed by atoms with van der Waals surface area (Å²) < 4.78 is 12.3. The van der Waals surface area contributed by atoms with E-state index in [0.29, 0.717) is 26.2 Å². The Kier molecular flexibility index (Phi) is 15.1. The van der Waals surface area contributed by atoms with Crippen LogP contribution in [-0.4, -0.2) is 35.5 Å². The summed E-state index contributed by atoms with van der Waals surface area (Å²) in [6.45, 7) is 10.9. The van der Waals surface area contributed by atoms with Crippen LogP contribution in [0, 0.1) is 13.8 Å². The van der Waals surface area contributed by atoms with E-state index in [4.69, 9.17) is 9.47 Å². The molecule has 0 unspecified atom stereocenters. The molecule has 0 aliphatic heterocycles. The van der Waals surface area contributed by atoms with Gasteiger partial charge in [-0.3, -0.25) is 9.59 Å². The van der Waals surface area contributed by atoms with Crippen LogP contribution >= 0.6 is 0 Å². The highest BCUT2D eigenvalue weighted by Crippen LogP contribution is 2.27. The quantitative estimate of drug-likeness (QED) is 0.0767. The summed E-state index contributed by atoms with van der Waals surface area (Å²) in [5.41, 5.74) is 5.18. The van der Waals surface area contributed by atoms with E-state index >= 15 is 0 Å². The average Bonchev–Trinajstić information content (AvgIpc) is 3.15. The molecule has 2 rings (SSSR count). The molecule has 220 valence electrons. The highest BCUT2D eigenvalue weighted by Gasteiger charge is 2.24. The van der Waals surface area contributed by atoms with Crippen LogP contribution in [0.2, 0.25) is 0 Å². The van der Waals surface area contributed by atoms with Gasteiger partial charge in [-0.25, -0.2) is 4.79 Å². The molecule has 0 saturated carbocycles. The molecule has 40 heavy (non-hydrogen) atoms. The molecule has 1 aromatic carbocycles. The highest BCUT2D eigenvalue weighted by molar-refractivity contribution is 5.99. The zero-order valence-electron chi connectivity index (χ0n) is 25.4. The second kappa shape index (κ2) is 18.2. The lowest BCUT2D eigenvalue weighted by molar-refractivity contribution is -0.142. The molecule has 6 heteroatoms. The predicted octanol–water partition coefficient (Wildman–Crippen LogP) is 7.94. The zero-order chi connectivity index (χ0) is 29.3. The summed E-state index contributed by atoms with van der Waals surface area (Å²) in [4.78, 5) is 37.6. The Bertz CT molecular complexity index is 1130. The number of carbonyl (C=O) groups excluding carboxylic acids is 3. The lowest BCUT2D eigenvalue weighted by Gasteiger charge is -2.13. The van der Waals surface area contributed by atoms with E-state index in [0.717, 1.165) is 46.5 Å². The van der Waals surface area contributed by atoms with Gasteiger partial charge >= 0.3 is 11.9 Å². The highest BCUT2D eigenvalue weighted by atomic mass is 16.5. The summed E-state index contributed by atoms with van der Waals surface area (Å²) >= 11 is 0. The summed E-state index contributed by atoms with van der Waals surface area (Å²) in [6.07, 6.45) is 14.7. The fraction of sp³-hybridized carbons (Fsp3) is 0.559. The van der Waals surface area contributed by atoms with E-state index in [9.17, 15) is 14.4 Å².